The summed E-state index contributed by atoms with van der Waals surface area (Å²) in [6, 6.07) is 0. The SMILES string of the molecule is CC(C)=CCC[C@]1(C)OC(=O)N(CCC(=O)[O-])[C@]1(C)O. The molecule has 1 fully saturated rings. The van der Waals surface area contributed by atoms with Crippen LogP contribution < -0.4 is 5.11 Å². The summed E-state index contributed by atoms with van der Waals surface area (Å²) in [5, 5.41) is 21.1. The smallest absolute Gasteiger partial charge is 0.412 e. The third-order valence-electron chi connectivity index (χ3n) is 3.77. The van der Waals surface area contributed by atoms with Gasteiger partial charge < -0.3 is 19.7 Å². The average molecular weight is 284 g/mol. The van der Waals surface area contributed by atoms with Gasteiger partial charge in [0.2, 0.25) is 0 Å². The topological polar surface area (TPSA) is 89.9 Å². The molecule has 1 rings (SSSR count). The van der Waals surface area contributed by atoms with Crippen LogP contribution in [-0.2, 0) is 9.53 Å². The van der Waals surface area contributed by atoms with Crippen molar-refractivity contribution in [2.75, 3.05) is 6.54 Å². The van der Waals surface area contributed by atoms with Gasteiger partial charge in [-0.15, -0.1) is 0 Å². The molecule has 1 saturated heterocycles. The second kappa shape index (κ2) is 5.83. The van der Waals surface area contributed by atoms with Crippen molar-refractivity contribution in [3.8, 4) is 0 Å². The number of nitrogens with zero attached hydrogens (tertiary/aromatic N) is 1. The molecule has 0 saturated carbocycles. The molecule has 0 bridgehead atoms. The largest absolute Gasteiger partial charge is 0.550 e. The Kier molecular flexibility index (Phi) is 4.81. The van der Waals surface area contributed by atoms with Gasteiger partial charge in [0.15, 0.2) is 11.3 Å². The summed E-state index contributed by atoms with van der Waals surface area (Å²) in [4.78, 5) is 23.4. The van der Waals surface area contributed by atoms with Crippen molar-refractivity contribution in [1.82, 2.24) is 4.90 Å². The molecule has 0 spiro atoms. The van der Waals surface area contributed by atoms with Crippen LogP contribution in [0.3, 0.4) is 0 Å². The van der Waals surface area contributed by atoms with Crippen LogP contribution in [0.5, 0.6) is 0 Å². The number of rotatable bonds is 6. The zero-order chi connectivity index (χ0) is 15.6. The molecule has 0 unspecified atom stereocenters. The lowest BCUT2D eigenvalue weighted by molar-refractivity contribution is -0.306. The molecular formula is C14H22NO5-. The Morgan fingerprint density at radius 2 is 2.05 bits per heavy atom. The maximum atomic E-state index is 11.8. The van der Waals surface area contributed by atoms with Gasteiger partial charge in [-0.1, -0.05) is 11.6 Å². The minimum absolute atomic E-state index is 0.133. The standard InChI is InChI=1S/C14H23NO5/c1-10(2)6-5-8-13(3)14(4,19)15(12(18)20-13)9-7-11(16)17/h6,19H,5,7-9H2,1-4H3,(H,16,17)/p-1/t13-,14+/m0/s1. The first-order valence-electron chi connectivity index (χ1n) is 6.66. The first-order chi connectivity index (χ1) is 9.10. The lowest BCUT2D eigenvalue weighted by atomic mass is 9.88. The zero-order valence-corrected chi connectivity index (χ0v) is 12.4. The fourth-order valence-corrected chi connectivity index (χ4v) is 2.24. The molecule has 2 atom stereocenters. The third-order valence-corrected chi connectivity index (χ3v) is 3.77. The lowest BCUT2D eigenvalue weighted by Crippen LogP contribution is -2.55. The van der Waals surface area contributed by atoms with Gasteiger partial charge in [-0.2, -0.15) is 0 Å². The van der Waals surface area contributed by atoms with Crippen molar-refractivity contribution < 1.29 is 24.5 Å². The van der Waals surface area contributed by atoms with Crippen molar-refractivity contribution >= 4 is 12.1 Å². The molecule has 6 heteroatoms. The number of carbonyl (C=O) groups is 2. The number of ether oxygens (including phenoxy) is 1. The van der Waals surface area contributed by atoms with Gasteiger partial charge in [0.1, 0.15) is 0 Å². The Morgan fingerprint density at radius 3 is 2.55 bits per heavy atom. The molecule has 0 aromatic carbocycles. The highest BCUT2D eigenvalue weighted by Crippen LogP contribution is 2.40. The van der Waals surface area contributed by atoms with Crippen LogP contribution in [0.1, 0.15) is 47.0 Å². The van der Waals surface area contributed by atoms with Crippen LogP contribution >= 0.6 is 0 Å². The summed E-state index contributed by atoms with van der Waals surface area (Å²) in [6.45, 7) is 6.92. The fraction of sp³-hybridized carbons (Fsp3) is 0.714. The van der Waals surface area contributed by atoms with Gasteiger partial charge in [0, 0.05) is 18.9 Å². The van der Waals surface area contributed by atoms with Crippen molar-refractivity contribution in [3.63, 3.8) is 0 Å². The van der Waals surface area contributed by atoms with E-state index in [4.69, 9.17) is 4.74 Å². The van der Waals surface area contributed by atoms with Crippen LogP contribution in [0.4, 0.5) is 4.79 Å². The van der Waals surface area contributed by atoms with E-state index in [1.54, 1.807) is 6.92 Å². The molecule has 1 N–H and O–H groups in total. The number of aliphatic hydroxyl groups is 1. The van der Waals surface area contributed by atoms with Crippen molar-refractivity contribution in [2.45, 2.75) is 58.3 Å². The van der Waals surface area contributed by atoms with Crippen LogP contribution in [0.25, 0.3) is 0 Å². The summed E-state index contributed by atoms with van der Waals surface area (Å²) in [5.41, 5.74) is -1.47. The number of allylic oxidation sites excluding steroid dienone is 2. The number of carboxylic acids is 1. The van der Waals surface area contributed by atoms with Gasteiger partial charge in [-0.25, -0.2) is 4.79 Å². The van der Waals surface area contributed by atoms with Gasteiger partial charge in [-0.3, -0.25) is 4.90 Å². The van der Waals surface area contributed by atoms with E-state index in [0.29, 0.717) is 12.8 Å². The minimum atomic E-state index is -1.55. The molecule has 0 radical (unpaired) electrons. The van der Waals surface area contributed by atoms with Gasteiger partial charge in [-0.05, 0) is 40.5 Å². The minimum Gasteiger partial charge on any atom is -0.550 e. The summed E-state index contributed by atoms with van der Waals surface area (Å²) in [7, 11) is 0. The van der Waals surface area contributed by atoms with E-state index in [1.165, 1.54) is 6.92 Å². The number of cyclic esters (lactones) is 1. The Morgan fingerprint density at radius 1 is 1.45 bits per heavy atom. The van der Waals surface area contributed by atoms with Gasteiger partial charge >= 0.3 is 6.09 Å². The van der Waals surface area contributed by atoms with Crippen molar-refractivity contribution in [3.05, 3.63) is 11.6 Å². The molecule has 0 aliphatic carbocycles. The molecule has 6 nitrogen and oxygen atoms in total. The molecule has 0 aromatic rings. The average Bonchev–Trinajstić information content (AvgIpc) is 2.42. The zero-order valence-electron chi connectivity index (χ0n) is 12.4. The maximum absolute atomic E-state index is 11.8. The number of aliphatic carboxylic acids is 1. The van der Waals surface area contributed by atoms with E-state index >= 15 is 0 Å². The van der Waals surface area contributed by atoms with E-state index in [9.17, 15) is 19.8 Å². The summed E-state index contributed by atoms with van der Waals surface area (Å²) in [6.07, 6.45) is 2.08. The van der Waals surface area contributed by atoms with Gasteiger partial charge in [0.05, 0.1) is 0 Å². The van der Waals surface area contributed by atoms with E-state index in [0.717, 1.165) is 10.5 Å². The third kappa shape index (κ3) is 3.30. The molecule has 1 heterocycles. The van der Waals surface area contributed by atoms with Crippen molar-refractivity contribution in [2.24, 2.45) is 0 Å². The van der Waals surface area contributed by atoms with Crippen LogP contribution in [0.15, 0.2) is 11.6 Å². The van der Waals surface area contributed by atoms with Gasteiger partial charge in [0.25, 0.3) is 0 Å². The van der Waals surface area contributed by atoms with E-state index in [2.05, 4.69) is 0 Å². The first kappa shape index (κ1) is 16.5. The highest BCUT2D eigenvalue weighted by molar-refractivity contribution is 5.73. The molecule has 114 valence electrons. The highest BCUT2D eigenvalue weighted by Gasteiger charge is 2.58. The van der Waals surface area contributed by atoms with Crippen LogP contribution in [-0.4, -0.2) is 39.9 Å². The monoisotopic (exact) mass is 284 g/mol. The molecule has 20 heavy (non-hydrogen) atoms. The van der Waals surface area contributed by atoms with E-state index < -0.39 is 23.4 Å². The number of hydrogen-bond donors (Lipinski definition) is 1. The highest BCUT2D eigenvalue weighted by atomic mass is 16.6. The molecule has 1 amide bonds. The predicted molar refractivity (Wildman–Crippen MR) is 70.5 cm³/mol. The molecule has 1 aliphatic rings. The normalized spacial score (nSPS) is 29.2. The Hall–Kier alpha value is -1.56. The second-order valence-corrected chi connectivity index (χ2v) is 5.71. The molecule has 0 aromatic heterocycles. The fourth-order valence-electron chi connectivity index (χ4n) is 2.24. The number of carbonyl (C=O) groups excluding carboxylic acids is 2. The van der Waals surface area contributed by atoms with E-state index in [1.807, 2.05) is 19.9 Å². The van der Waals surface area contributed by atoms with Crippen LogP contribution in [0.2, 0.25) is 0 Å². The number of hydrogen-bond acceptors (Lipinski definition) is 5. The molecule has 1 aliphatic heterocycles. The summed E-state index contributed by atoms with van der Waals surface area (Å²) < 4.78 is 5.29. The molecular weight excluding hydrogens is 262 g/mol. The van der Waals surface area contributed by atoms with Crippen molar-refractivity contribution in [1.29, 1.82) is 0 Å². The first-order valence-corrected chi connectivity index (χ1v) is 6.66. The van der Waals surface area contributed by atoms with E-state index in [-0.39, 0.29) is 13.0 Å². The summed E-state index contributed by atoms with van der Waals surface area (Å²) >= 11 is 0. The summed E-state index contributed by atoms with van der Waals surface area (Å²) in [5.74, 6) is -1.27. The van der Waals surface area contributed by atoms with Crippen LogP contribution in [0, 0.1) is 0 Å². The maximum Gasteiger partial charge on any atom is 0.412 e. The lowest BCUT2D eigenvalue weighted by Gasteiger charge is -2.37. The number of carboxylic acid groups (broad SMARTS) is 1. The Labute approximate surface area is 119 Å². The number of amides is 1. The Balaban J connectivity index is 2.81. The Bertz CT molecular complexity index is 425. The quantitative estimate of drug-likeness (QED) is 0.728. The predicted octanol–water partition coefficient (Wildman–Crippen LogP) is 0.792. The second-order valence-electron chi connectivity index (χ2n) is 5.71.